The smallest absolute Gasteiger partial charge is 0.122 e. The van der Waals surface area contributed by atoms with Gasteiger partial charge in [-0.15, -0.1) is 0 Å². The lowest BCUT2D eigenvalue weighted by atomic mass is 9.88. The van der Waals surface area contributed by atoms with E-state index in [-0.39, 0.29) is 5.84 Å². The Morgan fingerprint density at radius 3 is 2.55 bits per heavy atom. The largest absolute Gasteiger partial charge is 0.384 e. The van der Waals surface area contributed by atoms with Crippen LogP contribution in [0.1, 0.15) is 36.8 Å². The number of hydrogen-bond donors (Lipinski definition) is 2. The molecule has 0 spiro atoms. The Hall–Kier alpha value is -1.35. The molecule has 0 aromatic heterocycles. The van der Waals surface area contributed by atoms with Crippen LogP contribution in [0.3, 0.4) is 0 Å². The number of nitrogen functional groups attached to an aromatic ring is 1. The second-order valence-corrected chi connectivity index (χ2v) is 6.74. The van der Waals surface area contributed by atoms with Gasteiger partial charge < -0.3 is 10.6 Å². The average Bonchev–Trinajstić information content (AvgIpc) is 3.01. The van der Waals surface area contributed by atoms with E-state index in [1.54, 1.807) is 0 Å². The van der Waals surface area contributed by atoms with Crippen molar-refractivity contribution in [3.05, 3.63) is 35.4 Å². The zero-order valence-electron chi connectivity index (χ0n) is 12.3. The molecule has 108 valence electrons. The molecule has 3 nitrogen and oxygen atoms in total. The van der Waals surface area contributed by atoms with Crippen LogP contribution >= 0.6 is 0 Å². The fourth-order valence-electron chi connectivity index (χ4n) is 4.17. The third kappa shape index (κ3) is 2.88. The minimum atomic E-state index is 0.145. The summed E-state index contributed by atoms with van der Waals surface area (Å²) in [5.74, 6) is 3.11. The van der Waals surface area contributed by atoms with E-state index in [4.69, 9.17) is 11.1 Å². The number of nitrogens with two attached hydrogens (primary N) is 1. The molecule has 1 aromatic rings. The first-order valence-electron chi connectivity index (χ1n) is 7.73. The molecule has 3 rings (SSSR count). The van der Waals surface area contributed by atoms with Crippen molar-refractivity contribution in [2.24, 2.45) is 23.5 Å². The molecule has 2 saturated carbocycles. The number of nitrogens with one attached hydrogen (secondary N) is 1. The predicted molar refractivity (Wildman–Crippen MR) is 82.7 cm³/mol. The van der Waals surface area contributed by atoms with E-state index in [2.05, 4.69) is 24.1 Å². The SMILES string of the molecule is CN(Cc1ccc(C(=N)N)cc1)CC1CC2CCC1C2. The topological polar surface area (TPSA) is 53.1 Å². The Bertz CT molecular complexity index is 480. The number of fused-ring (bicyclic) bond motifs is 2. The lowest BCUT2D eigenvalue weighted by molar-refractivity contribution is 0.214. The molecule has 3 unspecified atom stereocenters. The van der Waals surface area contributed by atoms with Gasteiger partial charge in [0.05, 0.1) is 0 Å². The Morgan fingerprint density at radius 1 is 1.25 bits per heavy atom. The van der Waals surface area contributed by atoms with Crippen LogP contribution in [0.15, 0.2) is 24.3 Å². The molecule has 0 saturated heterocycles. The normalized spacial score (nSPS) is 28.2. The highest BCUT2D eigenvalue weighted by molar-refractivity contribution is 5.94. The second kappa shape index (κ2) is 5.57. The van der Waals surface area contributed by atoms with Gasteiger partial charge in [-0.25, -0.2) is 0 Å². The first-order chi connectivity index (χ1) is 9.61. The first kappa shape index (κ1) is 13.6. The molecule has 2 fully saturated rings. The fraction of sp³-hybridized carbons (Fsp3) is 0.588. The van der Waals surface area contributed by atoms with E-state index in [1.165, 1.54) is 37.8 Å². The third-order valence-corrected chi connectivity index (χ3v) is 5.15. The molecule has 0 radical (unpaired) electrons. The molecule has 2 aliphatic rings. The van der Waals surface area contributed by atoms with Crippen LogP contribution in [0.2, 0.25) is 0 Å². The van der Waals surface area contributed by atoms with Crippen molar-refractivity contribution >= 4 is 5.84 Å². The summed E-state index contributed by atoms with van der Waals surface area (Å²) in [7, 11) is 2.23. The highest BCUT2D eigenvalue weighted by atomic mass is 15.1. The van der Waals surface area contributed by atoms with Crippen LogP contribution in [0.5, 0.6) is 0 Å². The number of nitrogens with zero attached hydrogens (tertiary/aromatic N) is 1. The van der Waals surface area contributed by atoms with Gasteiger partial charge in [-0.3, -0.25) is 5.41 Å². The summed E-state index contributed by atoms with van der Waals surface area (Å²) in [4.78, 5) is 2.45. The summed E-state index contributed by atoms with van der Waals surface area (Å²) >= 11 is 0. The lowest BCUT2D eigenvalue weighted by Crippen LogP contribution is -2.28. The van der Waals surface area contributed by atoms with Crippen molar-refractivity contribution in [3.63, 3.8) is 0 Å². The number of hydrogen-bond acceptors (Lipinski definition) is 2. The summed E-state index contributed by atoms with van der Waals surface area (Å²) in [5.41, 5.74) is 7.60. The molecule has 3 atom stereocenters. The molecule has 2 aliphatic carbocycles. The van der Waals surface area contributed by atoms with Gasteiger partial charge in [-0.2, -0.15) is 0 Å². The van der Waals surface area contributed by atoms with Gasteiger partial charge in [0, 0.05) is 18.7 Å². The fourth-order valence-corrected chi connectivity index (χ4v) is 4.17. The zero-order valence-corrected chi connectivity index (χ0v) is 12.3. The summed E-state index contributed by atoms with van der Waals surface area (Å²) in [6, 6.07) is 8.08. The highest BCUT2D eigenvalue weighted by Gasteiger charge is 2.39. The molecule has 0 heterocycles. The van der Waals surface area contributed by atoms with Crippen LogP contribution in [0.25, 0.3) is 0 Å². The van der Waals surface area contributed by atoms with Crippen molar-refractivity contribution in [3.8, 4) is 0 Å². The molecular weight excluding hydrogens is 246 g/mol. The molecule has 20 heavy (non-hydrogen) atoms. The van der Waals surface area contributed by atoms with Gasteiger partial charge in [-0.05, 0) is 49.6 Å². The van der Waals surface area contributed by atoms with E-state index in [1.807, 2.05) is 12.1 Å². The molecule has 1 aromatic carbocycles. The molecule has 3 heteroatoms. The van der Waals surface area contributed by atoms with E-state index in [0.717, 1.165) is 29.9 Å². The number of rotatable bonds is 5. The Morgan fingerprint density at radius 2 is 2.00 bits per heavy atom. The average molecular weight is 271 g/mol. The molecule has 0 aliphatic heterocycles. The van der Waals surface area contributed by atoms with Gasteiger partial charge >= 0.3 is 0 Å². The van der Waals surface area contributed by atoms with E-state index >= 15 is 0 Å². The van der Waals surface area contributed by atoms with Crippen molar-refractivity contribution in [1.82, 2.24) is 4.90 Å². The summed E-state index contributed by atoms with van der Waals surface area (Å²) in [5, 5.41) is 7.41. The maximum atomic E-state index is 7.41. The van der Waals surface area contributed by atoms with Gasteiger partial charge in [0.15, 0.2) is 0 Å². The van der Waals surface area contributed by atoms with Crippen molar-refractivity contribution in [2.45, 2.75) is 32.2 Å². The van der Waals surface area contributed by atoms with Crippen LogP contribution in [-0.4, -0.2) is 24.3 Å². The molecule has 3 N–H and O–H groups in total. The number of amidine groups is 1. The van der Waals surface area contributed by atoms with Crippen molar-refractivity contribution in [1.29, 1.82) is 5.41 Å². The Labute approximate surface area is 121 Å². The van der Waals surface area contributed by atoms with Gasteiger partial charge in [0.25, 0.3) is 0 Å². The maximum absolute atomic E-state index is 7.41. The molecule has 2 bridgehead atoms. The zero-order chi connectivity index (χ0) is 14.1. The molecule has 0 amide bonds. The minimum Gasteiger partial charge on any atom is -0.384 e. The van der Waals surface area contributed by atoms with Crippen molar-refractivity contribution < 1.29 is 0 Å². The lowest BCUT2D eigenvalue weighted by Gasteiger charge is -2.27. The van der Waals surface area contributed by atoms with Crippen LogP contribution in [0, 0.1) is 23.2 Å². The Balaban J connectivity index is 1.53. The predicted octanol–water partition coefficient (Wildman–Crippen LogP) is 2.84. The minimum absolute atomic E-state index is 0.145. The van der Waals surface area contributed by atoms with E-state index in [0.29, 0.717) is 0 Å². The Kier molecular flexibility index (Phi) is 3.79. The maximum Gasteiger partial charge on any atom is 0.122 e. The van der Waals surface area contributed by atoms with Crippen LogP contribution < -0.4 is 5.73 Å². The summed E-state index contributed by atoms with van der Waals surface area (Å²) in [6.45, 7) is 2.22. The number of benzene rings is 1. The second-order valence-electron chi connectivity index (χ2n) is 6.74. The monoisotopic (exact) mass is 271 g/mol. The summed E-state index contributed by atoms with van der Waals surface area (Å²) < 4.78 is 0. The van der Waals surface area contributed by atoms with Crippen LogP contribution in [0.4, 0.5) is 0 Å². The standard InChI is InChI=1S/C17H25N3/c1-20(11-16-9-13-4-7-15(16)8-13)10-12-2-5-14(6-3-12)17(18)19/h2-3,5-6,13,15-16H,4,7-11H2,1H3,(H3,18,19). The van der Waals surface area contributed by atoms with Crippen LogP contribution in [-0.2, 0) is 6.54 Å². The highest BCUT2D eigenvalue weighted by Crippen LogP contribution is 2.48. The van der Waals surface area contributed by atoms with E-state index in [9.17, 15) is 0 Å². The van der Waals surface area contributed by atoms with Gasteiger partial charge in [-0.1, -0.05) is 30.7 Å². The van der Waals surface area contributed by atoms with E-state index < -0.39 is 0 Å². The van der Waals surface area contributed by atoms with Crippen molar-refractivity contribution in [2.75, 3.05) is 13.6 Å². The first-order valence-corrected chi connectivity index (χ1v) is 7.73. The van der Waals surface area contributed by atoms with Gasteiger partial charge in [0.2, 0.25) is 0 Å². The molecular formula is C17H25N3. The van der Waals surface area contributed by atoms with Gasteiger partial charge in [0.1, 0.15) is 5.84 Å². The summed E-state index contributed by atoms with van der Waals surface area (Å²) in [6.07, 6.45) is 5.90. The quantitative estimate of drug-likeness (QED) is 0.639. The third-order valence-electron chi connectivity index (χ3n) is 5.15.